The number of nitrogens with zero attached hydrogens (tertiary/aromatic N) is 1. The molecule has 0 bridgehead atoms. The lowest BCUT2D eigenvalue weighted by Gasteiger charge is -2.30. The third-order valence-corrected chi connectivity index (χ3v) is 2.88. The Labute approximate surface area is 89.3 Å². The lowest BCUT2D eigenvalue weighted by atomic mass is 10.0. The molecule has 2 heteroatoms. The predicted molar refractivity (Wildman–Crippen MR) is 62.5 cm³/mol. The smallest absolute Gasteiger partial charge is 0.0639 e. The summed E-state index contributed by atoms with van der Waals surface area (Å²) in [5, 5.41) is 9.39. The molecule has 0 aliphatic heterocycles. The third-order valence-electron chi connectivity index (χ3n) is 2.88. The second-order valence-electron chi connectivity index (χ2n) is 4.58. The minimum atomic E-state index is -0.216. The molecule has 0 rings (SSSR count). The third kappa shape index (κ3) is 5.61. The zero-order valence-corrected chi connectivity index (χ0v) is 10.5. The monoisotopic (exact) mass is 201 g/mol. The van der Waals surface area contributed by atoms with Crippen LogP contribution in [-0.2, 0) is 0 Å². The van der Waals surface area contributed by atoms with Gasteiger partial charge in [-0.3, -0.25) is 4.90 Å². The maximum atomic E-state index is 9.39. The minimum absolute atomic E-state index is 0.216. The van der Waals surface area contributed by atoms with Crippen molar-refractivity contribution in [2.45, 2.75) is 59.6 Å². The van der Waals surface area contributed by atoms with Gasteiger partial charge in [0.2, 0.25) is 0 Å². The average molecular weight is 201 g/mol. The topological polar surface area (TPSA) is 23.5 Å². The van der Waals surface area contributed by atoms with Gasteiger partial charge in [-0.2, -0.15) is 0 Å². The van der Waals surface area contributed by atoms with Gasteiger partial charge in [0.1, 0.15) is 0 Å². The molecule has 0 amide bonds. The Hall–Kier alpha value is -0.0800. The fourth-order valence-corrected chi connectivity index (χ4v) is 1.71. The van der Waals surface area contributed by atoms with Crippen molar-refractivity contribution < 1.29 is 5.11 Å². The SMILES string of the molecule is CCC(CC)CN(CC(C)O)C(C)C. The van der Waals surface area contributed by atoms with Crippen molar-refractivity contribution in [2.24, 2.45) is 5.92 Å². The van der Waals surface area contributed by atoms with Crippen LogP contribution in [0.15, 0.2) is 0 Å². The van der Waals surface area contributed by atoms with Gasteiger partial charge in [-0.15, -0.1) is 0 Å². The number of hydrogen-bond donors (Lipinski definition) is 1. The van der Waals surface area contributed by atoms with E-state index in [0.717, 1.165) is 19.0 Å². The van der Waals surface area contributed by atoms with Crippen molar-refractivity contribution in [1.82, 2.24) is 4.90 Å². The van der Waals surface area contributed by atoms with Crippen molar-refractivity contribution in [3.63, 3.8) is 0 Å². The molecule has 0 heterocycles. The molecular formula is C12H27NO. The van der Waals surface area contributed by atoms with E-state index in [4.69, 9.17) is 0 Å². The van der Waals surface area contributed by atoms with Gasteiger partial charge in [0.15, 0.2) is 0 Å². The van der Waals surface area contributed by atoms with Gasteiger partial charge in [-0.05, 0) is 26.7 Å². The first kappa shape index (κ1) is 13.9. The van der Waals surface area contributed by atoms with Crippen LogP contribution in [0.2, 0.25) is 0 Å². The number of rotatable bonds is 7. The number of aliphatic hydroxyl groups excluding tert-OH is 1. The Balaban J connectivity index is 4.07. The molecule has 0 aliphatic carbocycles. The van der Waals surface area contributed by atoms with Crippen LogP contribution in [0.1, 0.15) is 47.5 Å². The van der Waals surface area contributed by atoms with Crippen LogP contribution in [0.4, 0.5) is 0 Å². The van der Waals surface area contributed by atoms with Crippen LogP contribution in [0, 0.1) is 5.92 Å². The number of hydrogen-bond acceptors (Lipinski definition) is 2. The van der Waals surface area contributed by atoms with E-state index < -0.39 is 0 Å². The minimum Gasteiger partial charge on any atom is -0.392 e. The van der Waals surface area contributed by atoms with E-state index in [1.807, 2.05) is 6.92 Å². The Bertz CT molecular complexity index is 130. The first-order valence-corrected chi connectivity index (χ1v) is 5.93. The predicted octanol–water partition coefficient (Wildman–Crippen LogP) is 2.51. The van der Waals surface area contributed by atoms with E-state index in [1.54, 1.807) is 0 Å². The van der Waals surface area contributed by atoms with Crippen molar-refractivity contribution in [2.75, 3.05) is 13.1 Å². The Morgan fingerprint density at radius 1 is 1.00 bits per heavy atom. The fraction of sp³-hybridized carbons (Fsp3) is 1.00. The molecule has 0 aromatic heterocycles. The molecule has 14 heavy (non-hydrogen) atoms. The van der Waals surface area contributed by atoms with Crippen LogP contribution in [0.25, 0.3) is 0 Å². The summed E-state index contributed by atoms with van der Waals surface area (Å²) in [6.07, 6.45) is 2.26. The Morgan fingerprint density at radius 3 is 1.79 bits per heavy atom. The summed E-state index contributed by atoms with van der Waals surface area (Å²) in [5.74, 6) is 0.774. The molecule has 86 valence electrons. The summed E-state index contributed by atoms with van der Waals surface area (Å²) in [7, 11) is 0. The highest BCUT2D eigenvalue weighted by Crippen LogP contribution is 2.12. The molecule has 0 aromatic carbocycles. The normalized spacial score (nSPS) is 14.4. The Morgan fingerprint density at radius 2 is 1.50 bits per heavy atom. The summed E-state index contributed by atoms with van der Waals surface area (Å²) in [6.45, 7) is 12.7. The summed E-state index contributed by atoms with van der Waals surface area (Å²) in [4.78, 5) is 2.38. The van der Waals surface area contributed by atoms with Gasteiger partial charge < -0.3 is 5.11 Å². The summed E-state index contributed by atoms with van der Waals surface area (Å²) >= 11 is 0. The van der Waals surface area contributed by atoms with E-state index >= 15 is 0 Å². The van der Waals surface area contributed by atoms with Gasteiger partial charge in [0.05, 0.1) is 6.10 Å². The standard InChI is InChI=1S/C12H27NO/c1-6-12(7-2)9-13(10(3)4)8-11(5)14/h10-12,14H,6-9H2,1-5H3. The maximum absolute atomic E-state index is 9.39. The van der Waals surface area contributed by atoms with Crippen molar-refractivity contribution in [1.29, 1.82) is 0 Å². The lowest BCUT2D eigenvalue weighted by Crippen LogP contribution is -2.39. The second kappa shape index (κ2) is 7.24. The van der Waals surface area contributed by atoms with Crippen LogP contribution in [0.5, 0.6) is 0 Å². The van der Waals surface area contributed by atoms with E-state index in [1.165, 1.54) is 12.8 Å². The first-order valence-electron chi connectivity index (χ1n) is 5.93. The largest absolute Gasteiger partial charge is 0.392 e. The van der Waals surface area contributed by atoms with E-state index in [0.29, 0.717) is 6.04 Å². The zero-order valence-electron chi connectivity index (χ0n) is 10.5. The fourth-order valence-electron chi connectivity index (χ4n) is 1.71. The first-order chi connectivity index (χ1) is 6.51. The molecular weight excluding hydrogens is 174 g/mol. The molecule has 0 aromatic rings. The molecule has 0 radical (unpaired) electrons. The van der Waals surface area contributed by atoms with Crippen LogP contribution >= 0.6 is 0 Å². The van der Waals surface area contributed by atoms with E-state index in [-0.39, 0.29) is 6.10 Å². The molecule has 1 atom stereocenters. The van der Waals surface area contributed by atoms with Gasteiger partial charge in [-0.1, -0.05) is 26.7 Å². The molecule has 0 saturated carbocycles. The highest BCUT2D eigenvalue weighted by Gasteiger charge is 2.15. The van der Waals surface area contributed by atoms with Crippen LogP contribution in [0.3, 0.4) is 0 Å². The van der Waals surface area contributed by atoms with Gasteiger partial charge in [-0.25, -0.2) is 0 Å². The van der Waals surface area contributed by atoms with Crippen LogP contribution in [-0.4, -0.2) is 35.2 Å². The summed E-state index contributed by atoms with van der Waals surface area (Å²) < 4.78 is 0. The van der Waals surface area contributed by atoms with Gasteiger partial charge >= 0.3 is 0 Å². The van der Waals surface area contributed by atoms with Crippen molar-refractivity contribution in [3.05, 3.63) is 0 Å². The average Bonchev–Trinajstić information content (AvgIpc) is 2.11. The van der Waals surface area contributed by atoms with Crippen LogP contribution < -0.4 is 0 Å². The molecule has 0 fully saturated rings. The molecule has 0 aliphatic rings. The molecule has 2 nitrogen and oxygen atoms in total. The Kier molecular flexibility index (Phi) is 7.20. The van der Waals surface area contributed by atoms with Gasteiger partial charge in [0.25, 0.3) is 0 Å². The summed E-state index contributed by atoms with van der Waals surface area (Å²) in [6, 6.07) is 0.533. The molecule has 0 saturated heterocycles. The highest BCUT2D eigenvalue weighted by atomic mass is 16.3. The lowest BCUT2D eigenvalue weighted by molar-refractivity contribution is 0.0938. The van der Waals surface area contributed by atoms with Gasteiger partial charge in [0, 0.05) is 19.1 Å². The highest BCUT2D eigenvalue weighted by molar-refractivity contribution is 4.69. The second-order valence-corrected chi connectivity index (χ2v) is 4.58. The van der Waals surface area contributed by atoms with Crippen molar-refractivity contribution >= 4 is 0 Å². The number of aliphatic hydroxyl groups is 1. The van der Waals surface area contributed by atoms with Crippen molar-refractivity contribution in [3.8, 4) is 0 Å². The molecule has 0 spiro atoms. The van der Waals surface area contributed by atoms with E-state index in [9.17, 15) is 5.11 Å². The maximum Gasteiger partial charge on any atom is 0.0639 e. The van der Waals surface area contributed by atoms with E-state index in [2.05, 4.69) is 32.6 Å². The quantitative estimate of drug-likeness (QED) is 0.684. The summed E-state index contributed by atoms with van der Waals surface area (Å²) in [5.41, 5.74) is 0. The zero-order chi connectivity index (χ0) is 11.1. The molecule has 1 N–H and O–H groups in total. The molecule has 1 unspecified atom stereocenters.